The van der Waals surface area contributed by atoms with E-state index in [9.17, 15) is 8.78 Å². The van der Waals surface area contributed by atoms with Crippen LogP contribution in [0.3, 0.4) is 0 Å². The van der Waals surface area contributed by atoms with Gasteiger partial charge in [0.05, 0.1) is 0 Å². The number of rotatable bonds is 2. The Kier molecular flexibility index (Phi) is 3.17. The molecule has 0 radical (unpaired) electrons. The summed E-state index contributed by atoms with van der Waals surface area (Å²) in [5.41, 5.74) is 0.916. The average Bonchev–Trinajstić information content (AvgIpc) is 2.47. The lowest BCUT2D eigenvalue weighted by Gasteiger charge is -2.20. The summed E-state index contributed by atoms with van der Waals surface area (Å²) in [4.78, 5) is 0. The van der Waals surface area contributed by atoms with E-state index in [1.165, 1.54) is 0 Å². The first-order valence-electron chi connectivity index (χ1n) is 5.79. The number of nitrogens with one attached hydrogen (secondary N) is 1. The molecule has 1 aliphatic rings. The van der Waals surface area contributed by atoms with E-state index in [0.717, 1.165) is 18.1 Å². The van der Waals surface area contributed by atoms with Crippen LogP contribution in [0.25, 0.3) is 0 Å². The Bertz CT molecular complexity index is 457. The van der Waals surface area contributed by atoms with Gasteiger partial charge in [-0.3, -0.25) is 0 Å². The molecular weight excluding hydrogens is 244 g/mol. The van der Waals surface area contributed by atoms with E-state index < -0.39 is 11.6 Å². The zero-order valence-corrected chi connectivity index (χ0v) is 11.0. The standard InChI is InChI=1S/C13H16ClF2N/c1-4-17-9-6-13(2,3)11-7(14)5-8(15)12(16)10(9)11/h5,9,17H,4,6H2,1-3H3. The Morgan fingerprint density at radius 1 is 1.47 bits per heavy atom. The van der Waals surface area contributed by atoms with E-state index in [-0.39, 0.29) is 11.5 Å². The second-order valence-corrected chi connectivity index (χ2v) is 5.55. The summed E-state index contributed by atoms with van der Waals surface area (Å²) >= 11 is 6.06. The van der Waals surface area contributed by atoms with Crippen LogP contribution >= 0.6 is 11.6 Å². The van der Waals surface area contributed by atoms with Gasteiger partial charge in [-0.1, -0.05) is 32.4 Å². The van der Waals surface area contributed by atoms with Crippen LogP contribution in [0.1, 0.15) is 44.4 Å². The van der Waals surface area contributed by atoms with Crippen molar-refractivity contribution in [2.45, 2.75) is 38.6 Å². The highest BCUT2D eigenvalue weighted by Crippen LogP contribution is 2.49. The topological polar surface area (TPSA) is 12.0 Å². The molecule has 1 atom stereocenters. The Morgan fingerprint density at radius 2 is 2.12 bits per heavy atom. The maximum atomic E-state index is 13.9. The Balaban J connectivity index is 2.65. The molecule has 0 heterocycles. The summed E-state index contributed by atoms with van der Waals surface area (Å²) < 4.78 is 27.3. The summed E-state index contributed by atoms with van der Waals surface area (Å²) in [7, 11) is 0. The van der Waals surface area contributed by atoms with E-state index in [1.807, 2.05) is 20.8 Å². The lowest BCUT2D eigenvalue weighted by Crippen LogP contribution is -2.21. The van der Waals surface area contributed by atoms with Crippen molar-refractivity contribution >= 4 is 11.6 Å². The van der Waals surface area contributed by atoms with E-state index in [4.69, 9.17) is 11.6 Å². The summed E-state index contributed by atoms with van der Waals surface area (Å²) in [6.45, 7) is 6.68. The fourth-order valence-corrected chi connectivity index (χ4v) is 3.22. The van der Waals surface area contributed by atoms with Crippen LogP contribution in [-0.2, 0) is 5.41 Å². The lowest BCUT2D eigenvalue weighted by molar-refractivity contribution is 0.425. The first-order valence-corrected chi connectivity index (χ1v) is 6.17. The molecule has 0 spiro atoms. The zero-order chi connectivity index (χ0) is 12.8. The maximum absolute atomic E-state index is 13.9. The third-order valence-corrected chi connectivity index (χ3v) is 3.70. The average molecular weight is 260 g/mol. The third kappa shape index (κ3) is 1.95. The van der Waals surface area contributed by atoms with Crippen molar-refractivity contribution in [2.75, 3.05) is 6.54 Å². The molecular formula is C13H16ClF2N. The van der Waals surface area contributed by atoms with Crippen LogP contribution in [0.2, 0.25) is 5.02 Å². The fourth-order valence-electron chi connectivity index (χ4n) is 2.76. The van der Waals surface area contributed by atoms with Gasteiger partial charge in [0.1, 0.15) is 0 Å². The molecule has 1 aromatic carbocycles. The number of hydrogen-bond donors (Lipinski definition) is 1. The second-order valence-electron chi connectivity index (χ2n) is 5.14. The summed E-state index contributed by atoms with van der Waals surface area (Å²) in [6, 6.07) is 0.921. The molecule has 0 saturated carbocycles. The van der Waals surface area contributed by atoms with Crippen molar-refractivity contribution in [3.8, 4) is 0 Å². The van der Waals surface area contributed by atoms with Crippen molar-refractivity contribution in [3.63, 3.8) is 0 Å². The molecule has 1 nitrogen and oxygen atoms in total. The van der Waals surface area contributed by atoms with Gasteiger partial charge in [-0.05, 0) is 30.0 Å². The van der Waals surface area contributed by atoms with E-state index >= 15 is 0 Å². The van der Waals surface area contributed by atoms with Gasteiger partial charge < -0.3 is 5.32 Å². The predicted molar refractivity (Wildman–Crippen MR) is 65.4 cm³/mol. The number of benzene rings is 1. The normalized spacial score (nSPS) is 21.6. The largest absolute Gasteiger partial charge is 0.310 e. The number of fused-ring (bicyclic) bond motifs is 1. The molecule has 1 unspecified atom stereocenters. The minimum atomic E-state index is -0.866. The van der Waals surface area contributed by atoms with Crippen LogP contribution in [0.15, 0.2) is 6.07 Å². The zero-order valence-electron chi connectivity index (χ0n) is 10.2. The SMILES string of the molecule is CCNC1CC(C)(C)c2c(Cl)cc(F)c(F)c21. The second kappa shape index (κ2) is 4.21. The van der Waals surface area contributed by atoms with Gasteiger partial charge >= 0.3 is 0 Å². The van der Waals surface area contributed by atoms with Gasteiger partial charge in [-0.15, -0.1) is 0 Å². The summed E-state index contributed by atoms with van der Waals surface area (Å²) in [5.74, 6) is -1.63. The molecule has 2 rings (SSSR count). The Hall–Kier alpha value is -0.670. The lowest BCUT2D eigenvalue weighted by atomic mass is 9.86. The molecule has 1 aliphatic carbocycles. The molecule has 0 saturated heterocycles. The summed E-state index contributed by atoms with van der Waals surface area (Å²) in [6.07, 6.45) is 0.732. The minimum Gasteiger partial charge on any atom is -0.310 e. The number of hydrogen-bond acceptors (Lipinski definition) is 1. The molecule has 0 bridgehead atoms. The highest BCUT2D eigenvalue weighted by molar-refractivity contribution is 6.31. The highest BCUT2D eigenvalue weighted by Gasteiger charge is 2.41. The molecule has 4 heteroatoms. The van der Waals surface area contributed by atoms with Crippen LogP contribution < -0.4 is 5.32 Å². The van der Waals surface area contributed by atoms with Gasteiger partial charge in [-0.2, -0.15) is 0 Å². The van der Waals surface area contributed by atoms with Crippen molar-refractivity contribution in [2.24, 2.45) is 0 Å². The predicted octanol–water partition coefficient (Wildman–Crippen LogP) is 3.95. The molecule has 17 heavy (non-hydrogen) atoms. The van der Waals surface area contributed by atoms with E-state index in [1.54, 1.807) is 0 Å². The Labute approximate surface area is 105 Å². The summed E-state index contributed by atoms with van der Waals surface area (Å²) in [5, 5.41) is 3.51. The molecule has 1 N–H and O–H groups in total. The van der Waals surface area contributed by atoms with Gasteiger partial charge in [0, 0.05) is 16.6 Å². The van der Waals surface area contributed by atoms with Gasteiger partial charge in [-0.25, -0.2) is 8.78 Å². The van der Waals surface area contributed by atoms with Crippen LogP contribution in [-0.4, -0.2) is 6.54 Å². The maximum Gasteiger partial charge on any atom is 0.163 e. The number of halogens is 3. The Morgan fingerprint density at radius 3 is 2.71 bits per heavy atom. The molecule has 1 aromatic rings. The highest BCUT2D eigenvalue weighted by atomic mass is 35.5. The van der Waals surface area contributed by atoms with Crippen LogP contribution in [0, 0.1) is 11.6 Å². The third-order valence-electron chi connectivity index (χ3n) is 3.40. The quantitative estimate of drug-likeness (QED) is 0.793. The van der Waals surface area contributed by atoms with Crippen molar-refractivity contribution in [3.05, 3.63) is 33.9 Å². The van der Waals surface area contributed by atoms with E-state index in [0.29, 0.717) is 17.1 Å². The molecule has 0 amide bonds. The monoisotopic (exact) mass is 259 g/mol. The minimum absolute atomic E-state index is 0.154. The fraction of sp³-hybridized carbons (Fsp3) is 0.538. The first kappa shape index (κ1) is 12.8. The molecule has 0 aromatic heterocycles. The van der Waals surface area contributed by atoms with Gasteiger partial charge in [0.15, 0.2) is 11.6 Å². The van der Waals surface area contributed by atoms with Crippen LogP contribution in [0.4, 0.5) is 8.78 Å². The van der Waals surface area contributed by atoms with E-state index in [2.05, 4.69) is 5.32 Å². The van der Waals surface area contributed by atoms with Crippen molar-refractivity contribution in [1.29, 1.82) is 0 Å². The van der Waals surface area contributed by atoms with Gasteiger partial charge in [0.2, 0.25) is 0 Å². The smallest absolute Gasteiger partial charge is 0.163 e. The molecule has 0 aliphatic heterocycles. The molecule has 94 valence electrons. The van der Waals surface area contributed by atoms with Crippen molar-refractivity contribution < 1.29 is 8.78 Å². The van der Waals surface area contributed by atoms with Gasteiger partial charge in [0.25, 0.3) is 0 Å². The first-order chi connectivity index (χ1) is 7.88. The van der Waals surface area contributed by atoms with Crippen LogP contribution in [0.5, 0.6) is 0 Å². The van der Waals surface area contributed by atoms with Crippen molar-refractivity contribution in [1.82, 2.24) is 5.32 Å². The molecule has 0 fully saturated rings.